The molecule has 100 valence electrons. The zero-order valence-electron chi connectivity index (χ0n) is 12.4. The molecule has 2 heterocycles. The molecule has 0 spiro atoms. The van der Waals surface area contributed by atoms with Crippen LogP contribution in [0, 0.1) is 0 Å². The van der Waals surface area contributed by atoms with Gasteiger partial charge in [0.2, 0.25) is 0 Å². The molecule has 0 unspecified atom stereocenters. The van der Waals surface area contributed by atoms with E-state index in [0.717, 1.165) is 24.5 Å². The van der Waals surface area contributed by atoms with Gasteiger partial charge in [-0.25, -0.2) is 9.97 Å². The van der Waals surface area contributed by atoms with Crippen LogP contribution in [-0.2, 0) is 28.6 Å². The first-order valence-electron chi connectivity index (χ1n) is 6.68. The summed E-state index contributed by atoms with van der Waals surface area (Å²) in [6, 6.07) is 0. The Morgan fingerprint density at radius 1 is 0.944 bits per heavy atom. The van der Waals surface area contributed by atoms with E-state index in [9.17, 15) is 0 Å². The first-order chi connectivity index (χ1) is 8.19. The minimum absolute atomic E-state index is 0.0214. The van der Waals surface area contributed by atoms with Gasteiger partial charge in [0.05, 0.1) is 24.6 Å². The van der Waals surface area contributed by atoms with Gasteiger partial charge < -0.3 is 4.74 Å². The van der Waals surface area contributed by atoms with Crippen molar-refractivity contribution in [3.8, 4) is 0 Å². The Bertz CT molecular complexity index is 453. The maximum absolute atomic E-state index is 5.54. The van der Waals surface area contributed by atoms with Crippen LogP contribution in [-0.4, -0.2) is 16.6 Å². The summed E-state index contributed by atoms with van der Waals surface area (Å²) in [7, 11) is 0. The molecule has 3 heteroatoms. The molecule has 1 aliphatic heterocycles. The lowest BCUT2D eigenvalue weighted by Gasteiger charge is -2.29. The van der Waals surface area contributed by atoms with Crippen LogP contribution in [0.5, 0.6) is 0 Å². The molecule has 0 saturated heterocycles. The lowest BCUT2D eigenvalue weighted by molar-refractivity contribution is 0.106. The van der Waals surface area contributed by atoms with E-state index in [1.807, 2.05) is 0 Å². The van der Waals surface area contributed by atoms with Crippen LogP contribution in [0.1, 0.15) is 64.3 Å². The number of ether oxygens (including phenoxy) is 1. The SMILES string of the molecule is CC(C)(C)c1nc2c(c(C(C)(C)C)n1)CCOC2. The highest BCUT2D eigenvalue weighted by atomic mass is 16.5. The van der Waals surface area contributed by atoms with Gasteiger partial charge in [-0.2, -0.15) is 0 Å². The van der Waals surface area contributed by atoms with E-state index in [1.54, 1.807) is 0 Å². The Kier molecular flexibility index (Phi) is 3.22. The molecular formula is C15H24N2O. The van der Waals surface area contributed by atoms with Crippen molar-refractivity contribution in [3.63, 3.8) is 0 Å². The largest absolute Gasteiger partial charge is 0.375 e. The van der Waals surface area contributed by atoms with E-state index in [2.05, 4.69) is 41.5 Å². The minimum atomic E-state index is -0.0214. The number of fused-ring (bicyclic) bond motifs is 1. The van der Waals surface area contributed by atoms with Crippen molar-refractivity contribution >= 4 is 0 Å². The van der Waals surface area contributed by atoms with E-state index in [4.69, 9.17) is 14.7 Å². The fraction of sp³-hybridized carbons (Fsp3) is 0.733. The van der Waals surface area contributed by atoms with Crippen LogP contribution in [0.3, 0.4) is 0 Å². The van der Waals surface area contributed by atoms with Crippen molar-refractivity contribution in [1.29, 1.82) is 0 Å². The van der Waals surface area contributed by atoms with Gasteiger partial charge in [0.15, 0.2) is 0 Å². The van der Waals surface area contributed by atoms with Crippen molar-refractivity contribution in [1.82, 2.24) is 9.97 Å². The second kappa shape index (κ2) is 4.30. The highest BCUT2D eigenvalue weighted by Crippen LogP contribution is 2.31. The van der Waals surface area contributed by atoms with Crippen molar-refractivity contribution < 1.29 is 4.74 Å². The number of rotatable bonds is 0. The number of nitrogens with zero attached hydrogens (tertiary/aromatic N) is 2. The minimum Gasteiger partial charge on any atom is -0.375 e. The molecular weight excluding hydrogens is 224 g/mol. The van der Waals surface area contributed by atoms with Gasteiger partial charge in [-0.05, 0) is 6.42 Å². The maximum atomic E-state index is 5.54. The highest BCUT2D eigenvalue weighted by Gasteiger charge is 2.28. The average Bonchev–Trinajstić information content (AvgIpc) is 2.25. The van der Waals surface area contributed by atoms with Gasteiger partial charge in [-0.1, -0.05) is 41.5 Å². The lowest BCUT2D eigenvalue weighted by atomic mass is 9.85. The van der Waals surface area contributed by atoms with Gasteiger partial charge in [-0.15, -0.1) is 0 Å². The van der Waals surface area contributed by atoms with E-state index in [-0.39, 0.29) is 10.8 Å². The summed E-state index contributed by atoms with van der Waals surface area (Å²) in [4.78, 5) is 9.58. The molecule has 1 aliphatic rings. The fourth-order valence-corrected chi connectivity index (χ4v) is 2.21. The van der Waals surface area contributed by atoms with E-state index in [0.29, 0.717) is 6.61 Å². The lowest BCUT2D eigenvalue weighted by Crippen LogP contribution is -2.28. The monoisotopic (exact) mass is 248 g/mol. The predicted molar refractivity (Wildman–Crippen MR) is 72.8 cm³/mol. The molecule has 2 rings (SSSR count). The standard InChI is InChI=1S/C15H24N2O/c1-14(2,3)12-10-7-8-18-9-11(10)16-13(17-12)15(4,5)6/h7-9H2,1-6H3. The molecule has 3 nitrogen and oxygen atoms in total. The number of hydrogen-bond acceptors (Lipinski definition) is 3. The Balaban J connectivity index is 2.63. The Labute approximate surface area is 110 Å². The van der Waals surface area contributed by atoms with Gasteiger partial charge in [-0.3, -0.25) is 0 Å². The third-order valence-corrected chi connectivity index (χ3v) is 3.21. The zero-order chi connectivity index (χ0) is 13.6. The second-order valence-electron chi connectivity index (χ2n) is 7.12. The van der Waals surface area contributed by atoms with Gasteiger partial charge in [0.25, 0.3) is 0 Å². The van der Waals surface area contributed by atoms with Crippen LogP contribution >= 0.6 is 0 Å². The van der Waals surface area contributed by atoms with Gasteiger partial charge >= 0.3 is 0 Å². The molecule has 0 saturated carbocycles. The molecule has 0 bridgehead atoms. The Hall–Kier alpha value is -0.960. The molecule has 0 N–H and O–H groups in total. The summed E-state index contributed by atoms with van der Waals surface area (Å²) in [6.45, 7) is 14.5. The Morgan fingerprint density at radius 3 is 2.17 bits per heavy atom. The molecule has 0 aromatic carbocycles. The summed E-state index contributed by atoms with van der Waals surface area (Å²) in [6.07, 6.45) is 0.937. The molecule has 0 aliphatic carbocycles. The van der Waals surface area contributed by atoms with Crippen molar-refractivity contribution in [2.45, 2.75) is 65.4 Å². The van der Waals surface area contributed by atoms with E-state index >= 15 is 0 Å². The quantitative estimate of drug-likeness (QED) is 0.707. The molecule has 1 aromatic rings. The summed E-state index contributed by atoms with van der Waals surface area (Å²) in [5.74, 6) is 0.927. The van der Waals surface area contributed by atoms with E-state index in [1.165, 1.54) is 11.3 Å². The molecule has 0 atom stereocenters. The number of hydrogen-bond donors (Lipinski definition) is 0. The molecule has 0 amide bonds. The summed E-state index contributed by atoms with van der Waals surface area (Å²) in [5.41, 5.74) is 3.63. The zero-order valence-corrected chi connectivity index (χ0v) is 12.4. The summed E-state index contributed by atoms with van der Waals surface area (Å²) < 4.78 is 5.54. The molecule has 0 fully saturated rings. The average molecular weight is 248 g/mol. The third-order valence-electron chi connectivity index (χ3n) is 3.21. The van der Waals surface area contributed by atoms with Gasteiger partial charge in [0, 0.05) is 16.4 Å². The van der Waals surface area contributed by atoms with Crippen LogP contribution in [0.4, 0.5) is 0 Å². The van der Waals surface area contributed by atoms with Crippen LogP contribution in [0.2, 0.25) is 0 Å². The van der Waals surface area contributed by atoms with Crippen LogP contribution in [0.15, 0.2) is 0 Å². The van der Waals surface area contributed by atoms with Crippen molar-refractivity contribution in [2.75, 3.05) is 6.61 Å². The maximum Gasteiger partial charge on any atom is 0.134 e. The Morgan fingerprint density at radius 2 is 1.61 bits per heavy atom. The fourth-order valence-electron chi connectivity index (χ4n) is 2.21. The third kappa shape index (κ3) is 2.56. The first-order valence-corrected chi connectivity index (χ1v) is 6.68. The van der Waals surface area contributed by atoms with Gasteiger partial charge in [0.1, 0.15) is 5.82 Å². The van der Waals surface area contributed by atoms with Crippen LogP contribution < -0.4 is 0 Å². The summed E-state index contributed by atoms with van der Waals surface area (Å²) in [5, 5.41) is 0. The normalized spacial score (nSPS) is 16.6. The molecule has 0 radical (unpaired) electrons. The smallest absolute Gasteiger partial charge is 0.134 e. The molecule has 18 heavy (non-hydrogen) atoms. The number of aromatic nitrogens is 2. The predicted octanol–water partition coefficient (Wildman–Crippen LogP) is 3.14. The van der Waals surface area contributed by atoms with Crippen molar-refractivity contribution in [2.24, 2.45) is 0 Å². The molecule has 1 aromatic heterocycles. The van der Waals surface area contributed by atoms with E-state index < -0.39 is 0 Å². The topological polar surface area (TPSA) is 35.0 Å². The van der Waals surface area contributed by atoms with Crippen molar-refractivity contribution in [3.05, 3.63) is 22.8 Å². The first kappa shape index (κ1) is 13.5. The highest BCUT2D eigenvalue weighted by molar-refractivity contribution is 5.33. The van der Waals surface area contributed by atoms with Crippen LogP contribution in [0.25, 0.3) is 0 Å². The second-order valence-corrected chi connectivity index (χ2v) is 7.12. The summed E-state index contributed by atoms with van der Waals surface area (Å²) >= 11 is 0.